The van der Waals surface area contributed by atoms with E-state index < -0.39 is 0 Å². The van der Waals surface area contributed by atoms with Gasteiger partial charge in [-0.2, -0.15) is 0 Å². The molecule has 6 heteroatoms. The van der Waals surface area contributed by atoms with E-state index in [2.05, 4.69) is 57.2 Å². The lowest BCUT2D eigenvalue weighted by molar-refractivity contribution is 0.0543. The molecule has 0 aromatic heterocycles. The maximum atomic E-state index is 6.17. The number of hydrogen-bond acceptors (Lipinski definition) is 6. The highest BCUT2D eigenvalue weighted by molar-refractivity contribution is 6.02. The first-order chi connectivity index (χ1) is 17.0. The van der Waals surface area contributed by atoms with E-state index in [0.29, 0.717) is 52.9 Å². The Bertz CT molecular complexity index is 1080. The van der Waals surface area contributed by atoms with E-state index in [1.165, 1.54) is 16.5 Å². The molecule has 0 aliphatic heterocycles. The predicted molar refractivity (Wildman–Crippen MR) is 140 cm³/mol. The summed E-state index contributed by atoms with van der Waals surface area (Å²) in [5.41, 5.74) is 5.75. The molecular weight excluding hydrogens is 444 g/mol. The van der Waals surface area contributed by atoms with Crippen molar-refractivity contribution in [2.75, 3.05) is 67.1 Å². The summed E-state index contributed by atoms with van der Waals surface area (Å²) in [6, 6.07) is 15.0. The van der Waals surface area contributed by atoms with E-state index in [0.717, 1.165) is 33.6 Å². The molecule has 190 valence electrons. The van der Waals surface area contributed by atoms with Gasteiger partial charge in [0.2, 0.25) is 0 Å². The van der Waals surface area contributed by atoms with Gasteiger partial charge in [-0.3, -0.25) is 0 Å². The van der Waals surface area contributed by atoms with Crippen molar-refractivity contribution in [1.82, 2.24) is 0 Å². The highest BCUT2D eigenvalue weighted by Gasteiger charge is 2.13. The largest absolute Gasteiger partial charge is 0.491 e. The second-order valence-electron chi connectivity index (χ2n) is 8.50. The molecule has 0 heterocycles. The van der Waals surface area contributed by atoms with E-state index in [1.54, 1.807) is 14.2 Å². The molecular formula is C29H38O6. The fourth-order valence-corrected chi connectivity index (χ4v) is 4.01. The van der Waals surface area contributed by atoms with Gasteiger partial charge in [-0.15, -0.1) is 0 Å². The Morgan fingerprint density at radius 3 is 1.83 bits per heavy atom. The predicted octanol–water partition coefficient (Wildman–Crippen LogP) is 5.52. The van der Waals surface area contributed by atoms with Gasteiger partial charge in [-0.1, -0.05) is 24.3 Å². The van der Waals surface area contributed by atoms with Crippen LogP contribution in [0.25, 0.3) is 21.9 Å². The molecule has 0 fully saturated rings. The van der Waals surface area contributed by atoms with Crippen LogP contribution in [-0.4, -0.2) is 67.1 Å². The second kappa shape index (κ2) is 14.0. The summed E-state index contributed by atoms with van der Waals surface area (Å²) in [5, 5.41) is 2.32. The van der Waals surface area contributed by atoms with Gasteiger partial charge >= 0.3 is 0 Å². The zero-order valence-electron chi connectivity index (χ0n) is 21.6. The Morgan fingerprint density at radius 1 is 0.571 bits per heavy atom. The minimum atomic E-state index is 0.492. The van der Waals surface area contributed by atoms with E-state index in [-0.39, 0.29) is 0 Å². The fraction of sp³-hybridized carbons (Fsp3) is 0.448. The van der Waals surface area contributed by atoms with Crippen LogP contribution in [-0.2, 0) is 18.9 Å². The normalized spacial score (nSPS) is 11.2. The van der Waals surface area contributed by atoms with Crippen LogP contribution in [0.5, 0.6) is 11.5 Å². The van der Waals surface area contributed by atoms with Crippen molar-refractivity contribution in [3.63, 3.8) is 0 Å². The number of aryl methyl sites for hydroxylation is 3. The summed E-state index contributed by atoms with van der Waals surface area (Å²) < 4.78 is 33.2. The molecule has 3 aromatic carbocycles. The van der Waals surface area contributed by atoms with E-state index in [9.17, 15) is 0 Å². The molecule has 35 heavy (non-hydrogen) atoms. The molecule has 0 N–H and O–H groups in total. The lowest BCUT2D eigenvalue weighted by Crippen LogP contribution is -2.10. The first-order valence-corrected chi connectivity index (χ1v) is 12.1. The lowest BCUT2D eigenvalue weighted by Gasteiger charge is -2.17. The van der Waals surface area contributed by atoms with E-state index in [1.807, 2.05) is 6.07 Å². The highest BCUT2D eigenvalue weighted by atomic mass is 16.5. The summed E-state index contributed by atoms with van der Waals surface area (Å²) in [4.78, 5) is 0. The van der Waals surface area contributed by atoms with Crippen LogP contribution >= 0.6 is 0 Å². The molecule has 0 saturated heterocycles. The van der Waals surface area contributed by atoms with Crippen molar-refractivity contribution in [2.45, 2.75) is 20.8 Å². The Hall–Kier alpha value is -2.64. The highest BCUT2D eigenvalue weighted by Crippen LogP contribution is 2.38. The summed E-state index contributed by atoms with van der Waals surface area (Å²) in [7, 11) is 3.33. The zero-order chi connectivity index (χ0) is 25.0. The van der Waals surface area contributed by atoms with Crippen molar-refractivity contribution in [3.05, 3.63) is 59.2 Å². The first kappa shape index (κ1) is 27.0. The van der Waals surface area contributed by atoms with Gasteiger partial charge in [0.15, 0.2) is 0 Å². The maximum absolute atomic E-state index is 6.17. The number of ether oxygens (including phenoxy) is 6. The molecule has 3 rings (SSSR count). The van der Waals surface area contributed by atoms with Crippen LogP contribution in [0.15, 0.2) is 42.5 Å². The Labute approximate surface area is 209 Å². The van der Waals surface area contributed by atoms with Gasteiger partial charge in [0, 0.05) is 19.6 Å². The molecule has 0 unspecified atom stereocenters. The quantitative estimate of drug-likeness (QED) is 0.266. The molecule has 0 atom stereocenters. The smallest absolute Gasteiger partial charge is 0.127 e. The van der Waals surface area contributed by atoms with Gasteiger partial charge in [0.1, 0.15) is 24.7 Å². The second-order valence-corrected chi connectivity index (χ2v) is 8.50. The van der Waals surface area contributed by atoms with Crippen LogP contribution in [0.4, 0.5) is 0 Å². The number of methoxy groups -OCH3 is 2. The number of benzene rings is 3. The van der Waals surface area contributed by atoms with Crippen molar-refractivity contribution in [1.29, 1.82) is 0 Å². The summed E-state index contributed by atoms with van der Waals surface area (Å²) >= 11 is 0. The maximum Gasteiger partial charge on any atom is 0.127 e. The number of rotatable bonds is 15. The third-order valence-electron chi connectivity index (χ3n) is 5.75. The van der Waals surface area contributed by atoms with Gasteiger partial charge in [-0.05, 0) is 72.2 Å². The van der Waals surface area contributed by atoms with Crippen LogP contribution in [0.1, 0.15) is 16.7 Å². The third-order valence-corrected chi connectivity index (χ3v) is 5.75. The van der Waals surface area contributed by atoms with Gasteiger partial charge in [-0.25, -0.2) is 0 Å². The molecule has 0 saturated carbocycles. The molecule has 6 nitrogen and oxygen atoms in total. The third kappa shape index (κ3) is 7.67. The molecule has 0 bridgehead atoms. The minimum Gasteiger partial charge on any atom is -0.491 e. The Balaban J connectivity index is 1.78. The van der Waals surface area contributed by atoms with Crippen molar-refractivity contribution in [2.24, 2.45) is 0 Å². The Kier molecular flexibility index (Phi) is 10.8. The molecule has 3 aromatic rings. The van der Waals surface area contributed by atoms with Crippen molar-refractivity contribution in [3.8, 4) is 22.6 Å². The summed E-state index contributed by atoms with van der Waals surface area (Å²) in [6.07, 6.45) is 0. The SMILES string of the molecule is COCCOCCOc1ccc(-c2ccc(C)c3c(OCCOCCOC)cc(C)cc23)cc1C. The number of hydrogen-bond donors (Lipinski definition) is 0. The van der Waals surface area contributed by atoms with Crippen LogP contribution in [0.2, 0.25) is 0 Å². The van der Waals surface area contributed by atoms with Crippen molar-refractivity contribution >= 4 is 10.8 Å². The first-order valence-electron chi connectivity index (χ1n) is 12.1. The topological polar surface area (TPSA) is 55.4 Å². The molecule has 0 spiro atoms. The minimum absolute atomic E-state index is 0.492. The van der Waals surface area contributed by atoms with Crippen LogP contribution in [0, 0.1) is 20.8 Å². The average molecular weight is 483 g/mol. The molecule has 0 radical (unpaired) electrons. The lowest BCUT2D eigenvalue weighted by atomic mass is 9.93. The Morgan fingerprint density at radius 2 is 1.20 bits per heavy atom. The van der Waals surface area contributed by atoms with Gasteiger partial charge < -0.3 is 28.4 Å². The van der Waals surface area contributed by atoms with Crippen LogP contribution in [0.3, 0.4) is 0 Å². The average Bonchev–Trinajstić information content (AvgIpc) is 2.84. The summed E-state index contributed by atoms with van der Waals surface area (Å²) in [6.45, 7) is 10.7. The van der Waals surface area contributed by atoms with E-state index in [4.69, 9.17) is 28.4 Å². The monoisotopic (exact) mass is 482 g/mol. The standard InChI is InChI=1S/C29H38O6/c1-21-18-26-25(24-7-9-27(23(3)20-24)34-16-14-32-12-10-30-4)8-6-22(2)29(26)28(19-21)35-17-15-33-13-11-31-5/h6-9,18-20H,10-17H2,1-5H3. The number of fused-ring (bicyclic) bond motifs is 1. The summed E-state index contributed by atoms with van der Waals surface area (Å²) in [5.74, 6) is 1.76. The van der Waals surface area contributed by atoms with Crippen molar-refractivity contribution < 1.29 is 28.4 Å². The molecule has 0 amide bonds. The molecule has 0 aliphatic carbocycles. The van der Waals surface area contributed by atoms with Crippen LogP contribution < -0.4 is 9.47 Å². The van der Waals surface area contributed by atoms with E-state index >= 15 is 0 Å². The zero-order valence-corrected chi connectivity index (χ0v) is 21.6. The van der Waals surface area contributed by atoms with Gasteiger partial charge in [0.05, 0.1) is 39.6 Å². The molecule has 0 aliphatic rings. The fourth-order valence-electron chi connectivity index (χ4n) is 4.01. The van der Waals surface area contributed by atoms with Gasteiger partial charge in [0.25, 0.3) is 0 Å².